The van der Waals surface area contributed by atoms with Crippen LogP contribution in [0.25, 0.3) is 11.0 Å². The Bertz CT molecular complexity index is 1070. The highest BCUT2D eigenvalue weighted by molar-refractivity contribution is 7.50. The molecule has 0 unspecified atom stereocenters. The van der Waals surface area contributed by atoms with Crippen LogP contribution in [0.2, 0.25) is 0 Å². The van der Waals surface area contributed by atoms with Crippen molar-refractivity contribution >= 4 is 24.7 Å². The molecule has 174 valence electrons. The fourth-order valence-electron chi connectivity index (χ4n) is 5.16. The lowest BCUT2D eigenvalue weighted by Gasteiger charge is -2.39. The molecule has 0 atom stereocenters. The summed E-state index contributed by atoms with van der Waals surface area (Å²) in [6.07, 6.45) is 10.5. The molecule has 1 aliphatic carbocycles. The highest BCUT2D eigenvalue weighted by Gasteiger charge is 2.30. The number of hydrogen-bond donors (Lipinski definition) is 3. The number of nitrogens with one attached hydrogen (secondary N) is 1. The van der Waals surface area contributed by atoms with Gasteiger partial charge >= 0.3 is 7.75 Å². The molecule has 1 saturated heterocycles. The molecule has 2 heterocycles. The first kappa shape index (κ1) is 23.1. The number of amides is 1. The molecule has 1 aromatic carbocycles. The lowest BCUT2D eigenvalue weighted by molar-refractivity contribution is 0.0963. The molecule has 1 amide bonds. The average molecular weight is 462 g/mol. The van der Waals surface area contributed by atoms with Gasteiger partial charge in [-0.15, -0.1) is 0 Å². The number of para-hydroxylation sites is 2. The van der Waals surface area contributed by atoms with E-state index in [9.17, 15) is 14.2 Å². The lowest BCUT2D eigenvalue weighted by atomic mass is 9.93. The van der Waals surface area contributed by atoms with Crippen LogP contribution in [0.1, 0.15) is 74.3 Å². The van der Waals surface area contributed by atoms with Gasteiger partial charge in [-0.25, -0.2) is 9.55 Å². The molecule has 0 bridgehead atoms. The monoisotopic (exact) mass is 462 g/mol. The van der Waals surface area contributed by atoms with Crippen LogP contribution in [0.4, 0.5) is 0 Å². The average Bonchev–Trinajstić information content (AvgIpc) is 2.72. The number of rotatable bonds is 4. The highest BCUT2D eigenvalue weighted by Crippen LogP contribution is 2.30. The molecule has 3 N–H and O–H groups in total. The van der Waals surface area contributed by atoms with Gasteiger partial charge in [-0.05, 0) is 37.8 Å². The second-order valence-corrected chi connectivity index (χ2v) is 10.2. The van der Waals surface area contributed by atoms with Crippen molar-refractivity contribution in [1.82, 2.24) is 19.5 Å². The van der Waals surface area contributed by atoms with Crippen LogP contribution in [0.5, 0.6) is 0 Å². The molecule has 0 radical (unpaired) electrons. The number of fused-ring (bicyclic) bond motifs is 1. The standard InChI is InChI=1S/C22H31N4O5P/c27-21(24-32(29,30)31)20-22(28)26(19-11-7-6-10-18(19)23-20)17-12-14-25(15-13-17)16-8-4-2-1-3-5-9-16/h6-7,10-11,16-17H,1-5,8-9,12-15H2,(H3,24,27,29,30,31). The highest BCUT2D eigenvalue weighted by atomic mass is 31.2. The van der Waals surface area contributed by atoms with Crippen LogP contribution in [0, 0.1) is 0 Å². The first-order chi connectivity index (χ1) is 15.3. The van der Waals surface area contributed by atoms with Gasteiger partial charge in [0, 0.05) is 25.2 Å². The Morgan fingerprint density at radius 3 is 2.25 bits per heavy atom. The lowest BCUT2D eigenvalue weighted by Crippen LogP contribution is -2.44. The zero-order chi connectivity index (χ0) is 22.7. The minimum absolute atomic E-state index is 0.0955. The summed E-state index contributed by atoms with van der Waals surface area (Å²) < 4.78 is 12.8. The van der Waals surface area contributed by atoms with Crippen LogP contribution < -0.4 is 10.6 Å². The Kier molecular flexibility index (Phi) is 7.10. The number of benzene rings is 1. The van der Waals surface area contributed by atoms with E-state index in [0.29, 0.717) is 17.1 Å². The third kappa shape index (κ3) is 5.29. The number of piperidine rings is 1. The van der Waals surface area contributed by atoms with Crippen molar-refractivity contribution in [2.24, 2.45) is 0 Å². The second kappa shape index (κ2) is 9.83. The zero-order valence-corrected chi connectivity index (χ0v) is 19.0. The number of carbonyl (C=O) groups is 1. The van der Waals surface area contributed by atoms with E-state index in [-0.39, 0.29) is 6.04 Å². The molecule has 9 nitrogen and oxygen atoms in total. The number of hydrogen-bond acceptors (Lipinski definition) is 5. The van der Waals surface area contributed by atoms with E-state index in [1.807, 2.05) is 6.07 Å². The van der Waals surface area contributed by atoms with E-state index in [4.69, 9.17) is 9.79 Å². The summed E-state index contributed by atoms with van der Waals surface area (Å²) in [6, 6.07) is 7.58. The van der Waals surface area contributed by atoms with Crippen molar-refractivity contribution in [2.75, 3.05) is 13.1 Å². The minimum atomic E-state index is -4.84. The van der Waals surface area contributed by atoms with E-state index >= 15 is 0 Å². The molecule has 1 saturated carbocycles. The van der Waals surface area contributed by atoms with Gasteiger partial charge in [0.25, 0.3) is 11.5 Å². The van der Waals surface area contributed by atoms with E-state index in [1.165, 1.54) is 44.9 Å². The Balaban J connectivity index is 1.60. The van der Waals surface area contributed by atoms with Gasteiger partial charge < -0.3 is 19.3 Å². The second-order valence-electron chi connectivity index (χ2n) is 8.88. The summed E-state index contributed by atoms with van der Waals surface area (Å²) in [5.74, 6) is -1.16. The first-order valence-corrected chi connectivity index (χ1v) is 13.1. The zero-order valence-electron chi connectivity index (χ0n) is 18.2. The van der Waals surface area contributed by atoms with Crippen molar-refractivity contribution in [3.05, 3.63) is 40.3 Å². The predicted molar refractivity (Wildman–Crippen MR) is 121 cm³/mol. The normalized spacial score (nSPS) is 20.1. The number of nitrogens with zero attached hydrogens (tertiary/aromatic N) is 3. The van der Waals surface area contributed by atoms with Gasteiger partial charge in [0.15, 0.2) is 5.69 Å². The minimum Gasteiger partial charge on any atom is -0.308 e. The van der Waals surface area contributed by atoms with Gasteiger partial charge in [-0.2, -0.15) is 0 Å². The maximum Gasteiger partial charge on any atom is 0.430 e. The van der Waals surface area contributed by atoms with Crippen molar-refractivity contribution in [3.8, 4) is 0 Å². The molecule has 1 aliphatic heterocycles. The molecular formula is C22H31N4O5P. The first-order valence-electron chi connectivity index (χ1n) is 11.5. The topological polar surface area (TPSA) is 125 Å². The van der Waals surface area contributed by atoms with E-state index in [1.54, 1.807) is 27.9 Å². The summed E-state index contributed by atoms with van der Waals surface area (Å²) in [5.41, 5.74) is -0.0198. The molecule has 2 aromatic rings. The molecule has 10 heteroatoms. The fourth-order valence-corrected chi connectivity index (χ4v) is 5.53. The SMILES string of the molecule is O=C(NP(=O)(O)O)c1nc2ccccc2n(C2CCN(C3CCCCCCC3)CC2)c1=O. The molecule has 0 spiro atoms. The predicted octanol–water partition coefficient (Wildman–Crippen LogP) is 2.97. The number of carbonyl (C=O) groups excluding carboxylic acids is 1. The Morgan fingerprint density at radius 2 is 1.59 bits per heavy atom. The van der Waals surface area contributed by atoms with Gasteiger partial charge in [0.1, 0.15) is 0 Å². The Hall–Kier alpha value is -2.06. The molecule has 2 aliphatic rings. The Labute approximate surface area is 187 Å². The maximum absolute atomic E-state index is 13.2. The summed E-state index contributed by atoms with van der Waals surface area (Å²) in [5, 5.41) is 1.58. The van der Waals surface area contributed by atoms with Crippen molar-refractivity contribution in [3.63, 3.8) is 0 Å². The summed E-state index contributed by atoms with van der Waals surface area (Å²) >= 11 is 0. The van der Waals surface area contributed by atoms with Crippen LogP contribution in [-0.4, -0.2) is 49.3 Å². The van der Waals surface area contributed by atoms with Crippen LogP contribution in [0.3, 0.4) is 0 Å². The fraction of sp³-hybridized carbons (Fsp3) is 0.591. The van der Waals surface area contributed by atoms with Crippen LogP contribution in [0.15, 0.2) is 29.1 Å². The van der Waals surface area contributed by atoms with E-state index in [2.05, 4.69) is 9.88 Å². The quantitative estimate of drug-likeness (QED) is 0.597. The third-order valence-corrected chi connectivity index (χ3v) is 7.21. The smallest absolute Gasteiger partial charge is 0.308 e. The van der Waals surface area contributed by atoms with E-state index < -0.39 is 24.9 Å². The van der Waals surface area contributed by atoms with Gasteiger partial charge in [-0.3, -0.25) is 14.7 Å². The third-order valence-electron chi connectivity index (χ3n) is 6.71. The van der Waals surface area contributed by atoms with Crippen molar-refractivity contribution in [2.45, 2.75) is 69.9 Å². The van der Waals surface area contributed by atoms with Gasteiger partial charge in [0.05, 0.1) is 11.0 Å². The molecule has 1 aromatic heterocycles. The van der Waals surface area contributed by atoms with Crippen LogP contribution >= 0.6 is 7.75 Å². The number of likely N-dealkylation sites (tertiary alicyclic amines) is 1. The molecule has 4 rings (SSSR count). The Morgan fingerprint density at radius 1 is 0.969 bits per heavy atom. The van der Waals surface area contributed by atoms with Crippen LogP contribution in [-0.2, 0) is 4.57 Å². The maximum atomic E-state index is 13.2. The largest absolute Gasteiger partial charge is 0.430 e. The summed E-state index contributed by atoms with van der Waals surface area (Å²) in [6.45, 7) is 1.78. The van der Waals surface area contributed by atoms with Crippen molar-refractivity contribution < 1.29 is 19.1 Å². The molecular weight excluding hydrogens is 431 g/mol. The molecule has 2 fully saturated rings. The summed E-state index contributed by atoms with van der Waals surface area (Å²) in [4.78, 5) is 50.5. The van der Waals surface area contributed by atoms with E-state index in [0.717, 1.165) is 25.9 Å². The molecule has 32 heavy (non-hydrogen) atoms. The van der Waals surface area contributed by atoms with Crippen molar-refractivity contribution in [1.29, 1.82) is 0 Å². The van der Waals surface area contributed by atoms with Gasteiger partial charge in [-0.1, -0.05) is 44.2 Å². The summed E-state index contributed by atoms with van der Waals surface area (Å²) in [7, 11) is -4.84. The number of aromatic nitrogens is 2. The van der Waals surface area contributed by atoms with Gasteiger partial charge in [0.2, 0.25) is 0 Å².